The zero-order valence-electron chi connectivity index (χ0n) is 21.7. The van der Waals surface area contributed by atoms with Crippen molar-refractivity contribution in [3.8, 4) is 11.5 Å². The fourth-order valence-electron chi connectivity index (χ4n) is 3.81. The highest BCUT2D eigenvalue weighted by Gasteiger charge is 2.30. The summed E-state index contributed by atoms with van der Waals surface area (Å²) in [5, 5.41) is 5.27. The first-order valence-corrected chi connectivity index (χ1v) is 12.6. The summed E-state index contributed by atoms with van der Waals surface area (Å²) in [4.78, 5) is 25.9. The topological polar surface area (TPSA) is 76.7 Å². The first kappa shape index (κ1) is 29.3. The molecule has 0 aromatic heterocycles. The minimum Gasteiger partial charge on any atom is -0.457 e. The van der Waals surface area contributed by atoms with Gasteiger partial charge in [-0.3, -0.25) is 9.59 Å². The van der Waals surface area contributed by atoms with Crippen molar-refractivity contribution in [2.75, 3.05) is 11.9 Å². The van der Waals surface area contributed by atoms with Gasteiger partial charge < -0.3 is 20.1 Å². The molecule has 0 aliphatic carbocycles. The van der Waals surface area contributed by atoms with Crippen LogP contribution >= 0.6 is 0 Å². The number of rotatable bonds is 11. The standard InChI is InChI=1S/C31H26F4N2O4/c32-24-9-13-26(14-10-24)41-27-15-11-25(12-16-27)36-30(39)28(20-40-19-21-5-2-1-3-6-21)37-29(38)18-22-7-4-8-23(17-22)31(33,34)35/h1-17,28H,18-20H2,(H,36,39)(H,37,38). The number of alkyl halides is 3. The molecule has 1 unspecified atom stereocenters. The third kappa shape index (κ3) is 9.18. The number of hydrogen-bond donors (Lipinski definition) is 2. The van der Waals surface area contributed by atoms with Crippen LogP contribution in [-0.4, -0.2) is 24.5 Å². The van der Waals surface area contributed by atoms with Gasteiger partial charge in [0.1, 0.15) is 23.4 Å². The molecule has 2 N–H and O–H groups in total. The lowest BCUT2D eigenvalue weighted by atomic mass is 10.1. The smallest absolute Gasteiger partial charge is 0.416 e. The van der Waals surface area contributed by atoms with E-state index in [-0.39, 0.29) is 31.0 Å². The summed E-state index contributed by atoms with van der Waals surface area (Å²) in [6.45, 7) is 0.00433. The van der Waals surface area contributed by atoms with Crippen LogP contribution in [0, 0.1) is 5.82 Å². The quantitative estimate of drug-likeness (QED) is 0.203. The average Bonchev–Trinajstić information content (AvgIpc) is 2.95. The van der Waals surface area contributed by atoms with Gasteiger partial charge in [-0.2, -0.15) is 13.2 Å². The second-order valence-electron chi connectivity index (χ2n) is 9.07. The van der Waals surface area contributed by atoms with Crippen LogP contribution in [-0.2, 0) is 33.5 Å². The Morgan fingerprint density at radius 1 is 0.780 bits per heavy atom. The van der Waals surface area contributed by atoms with Gasteiger partial charge in [0.25, 0.3) is 0 Å². The van der Waals surface area contributed by atoms with E-state index in [0.717, 1.165) is 17.7 Å². The van der Waals surface area contributed by atoms with E-state index >= 15 is 0 Å². The number of hydrogen-bond acceptors (Lipinski definition) is 4. The van der Waals surface area contributed by atoms with Crippen molar-refractivity contribution in [1.82, 2.24) is 5.32 Å². The number of halogens is 4. The third-order valence-electron chi connectivity index (χ3n) is 5.84. The number of carbonyl (C=O) groups excluding carboxylic acids is 2. The fraction of sp³-hybridized carbons (Fsp3) is 0.161. The van der Waals surface area contributed by atoms with E-state index in [1.54, 1.807) is 24.3 Å². The van der Waals surface area contributed by atoms with Crippen LogP contribution in [0.4, 0.5) is 23.2 Å². The van der Waals surface area contributed by atoms with Gasteiger partial charge in [0.05, 0.1) is 25.2 Å². The summed E-state index contributed by atoms with van der Waals surface area (Å²) in [5.41, 5.74) is 0.550. The van der Waals surface area contributed by atoms with Crippen molar-refractivity contribution < 1.29 is 36.6 Å². The minimum absolute atomic E-state index is 0.151. The summed E-state index contributed by atoms with van der Waals surface area (Å²) >= 11 is 0. The predicted octanol–water partition coefficient (Wildman–Crippen LogP) is 6.52. The molecule has 0 saturated carbocycles. The van der Waals surface area contributed by atoms with Crippen molar-refractivity contribution in [3.63, 3.8) is 0 Å². The molecule has 212 valence electrons. The molecule has 4 aromatic carbocycles. The maximum Gasteiger partial charge on any atom is 0.416 e. The highest BCUT2D eigenvalue weighted by molar-refractivity contribution is 5.97. The van der Waals surface area contributed by atoms with Crippen LogP contribution in [0.1, 0.15) is 16.7 Å². The Morgan fingerprint density at radius 2 is 1.41 bits per heavy atom. The molecule has 4 rings (SSSR count). The van der Waals surface area contributed by atoms with E-state index in [2.05, 4.69) is 10.6 Å². The molecular weight excluding hydrogens is 540 g/mol. The number of amides is 2. The molecule has 0 aliphatic rings. The van der Waals surface area contributed by atoms with E-state index in [9.17, 15) is 27.2 Å². The molecule has 0 saturated heterocycles. The predicted molar refractivity (Wildman–Crippen MR) is 145 cm³/mol. The van der Waals surface area contributed by atoms with Crippen LogP contribution in [0.5, 0.6) is 11.5 Å². The number of carbonyl (C=O) groups is 2. The lowest BCUT2D eigenvalue weighted by Crippen LogP contribution is -2.47. The molecule has 6 nitrogen and oxygen atoms in total. The molecule has 0 spiro atoms. The van der Waals surface area contributed by atoms with Gasteiger partial charge in [-0.15, -0.1) is 0 Å². The monoisotopic (exact) mass is 566 g/mol. The van der Waals surface area contributed by atoms with E-state index < -0.39 is 29.6 Å². The Bertz CT molecular complexity index is 1440. The molecular formula is C31H26F4N2O4. The van der Waals surface area contributed by atoms with Crippen LogP contribution in [0.15, 0.2) is 103 Å². The summed E-state index contributed by atoms with van der Waals surface area (Å²) in [6, 6.07) is 24.4. The van der Waals surface area contributed by atoms with Gasteiger partial charge in [0.15, 0.2) is 0 Å². The molecule has 1 atom stereocenters. The van der Waals surface area contributed by atoms with Crippen LogP contribution < -0.4 is 15.4 Å². The Balaban J connectivity index is 1.40. The van der Waals surface area contributed by atoms with Crippen LogP contribution in [0.3, 0.4) is 0 Å². The molecule has 0 heterocycles. The number of anilines is 1. The summed E-state index contributed by atoms with van der Waals surface area (Å²) in [7, 11) is 0. The SMILES string of the molecule is O=C(Cc1cccc(C(F)(F)F)c1)NC(COCc1ccccc1)C(=O)Nc1ccc(Oc2ccc(F)cc2)cc1. The lowest BCUT2D eigenvalue weighted by Gasteiger charge is -2.19. The summed E-state index contributed by atoms with van der Waals surface area (Å²) in [6.07, 6.45) is -4.90. The van der Waals surface area contributed by atoms with E-state index in [4.69, 9.17) is 9.47 Å². The number of ether oxygens (including phenoxy) is 2. The largest absolute Gasteiger partial charge is 0.457 e. The summed E-state index contributed by atoms with van der Waals surface area (Å²) < 4.78 is 63.6. The number of nitrogens with one attached hydrogen (secondary N) is 2. The zero-order chi connectivity index (χ0) is 29.2. The summed E-state index contributed by atoms with van der Waals surface area (Å²) in [5.74, 6) is -0.729. The fourth-order valence-corrected chi connectivity index (χ4v) is 3.81. The van der Waals surface area contributed by atoms with Gasteiger partial charge in [-0.25, -0.2) is 4.39 Å². The van der Waals surface area contributed by atoms with E-state index in [1.807, 2.05) is 30.3 Å². The highest BCUT2D eigenvalue weighted by Crippen LogP contribution is 2.29. The van der Waals surface area contributed by atoms with Crippen LogP contribution in [0.2, 0.25) is 0 Å². The van der Waals surface area contributed by atoms with E-state index in [1.165, 1.54) is 36.4 Å². The van der Waals surface area contributed by atoms with Crippen molar-refractivity contribution >= 4 is 17.5 Å². The lowest BCUT2D eigenvalue weighted by molar-refractivity contribution is -0.137. The van der Waals surface area contributed by atoms with Crippen molar-refractivity contribution in [1.29, 1.82) is 0 Å². The second-order valence-corrected chi connectivity index (χ2v) is 9.07. The highest BCUT2D eigenvalue weighted by atomic mass is 19.4. The average molecular weight is 567 g/mol. The normalized spacial score (nSPS) is 11.9. The first-order valence-electron chi connectivity index (χ1n) is 12.6. The maximum atomic E-state index is 13.1. The molecule has 2 amide bonds. The molecule has 0 fully saturated rings. The molecule has 4 aromatic rings. The Labute approximate surface area is 233 Å². The van der Waals surface area contributed by atoms with Gasteiger partial charge in [0.2, 0.25) is 11.8 Å². The van der Waals surface area contributed by atoms with Crippen molar-refractivity contribution in [2.24, 2.45) is 0 Å². The molecule has 41 heavy (non-hydrogen) atoms. The zero-order valence-corrected chi connectivity index (χ0v) is 21.7. The maximum absolute atomic E-state index is 13.1. The second kappa shape index (κ2) is 13.6. The first-order chi connectivity index (χ1) is 19.7. The van der Waals surface area contributed by atoms with Gasteiger partial charge in [-0.1, -0.05) is 48.5 Å². The molecule has 0 aliphatic heterocycles. The molecule has 10 heteroatoms. The molecule has 0 bridgehead atoms. The Kier molecular flexibility index (Phi) is 9.70. The third-order valence-corrected chi connectivity index (χ3v) is 5.84. The van der Waals surface area contributed by atoms with Crippen molar-refractivity contribution in [2.45, 2.75) is 25.2 Å². The van der Waals surface area contributed by atoms with Crippen LogP contribution in [0.25, 0.3) is 0 Å². The van der Waals surface area contributed by atoms with Gasteiger partial charge in [0, 0.05) is 5.69 Å². The Hall–Kier alpha value is -4.70. The van der Waals surface area contributed by atoms with Crippen molar-refractivity contribution in [3.05, 3.63) is 126 Å². The van der Waals surface area contributed by atoms with E-state index in [0.29, 0.717) is 17.2 Å². The molecule has 0 radical (unpaired) electrons. The van der Waals surface area contributed by atoms with Gasteiger partial charge >= 0.3 is 6.18 Å². The minimum atomic E-state index is -4.54. The number of benzene rings is 4. The van der Waals surface area contributed by atoms with Gasteiger partial charge in [-0.05, 0) is 65.7 Å². The Morgan fingerprint density at radius 3 is 2.07 bits per heavy atom.